The lowest BCUT2D eigenvalue weighted by Crippen LogP contribution is -2.30. The molecule has 1 aromatic heterocycles. The first-order valence-electron chi connectivity index (χ1n) is 9.75. The summed E-state index contributed by atoms with van der Waals surface area (Å²) in [6, 6.07) is 10.4. The standard InChI is InChI=1S/C22H27BrClNOS/c1-3-5-9-25(10-6-4-2)14-20(26)19-11-15-7-8-16(23)12-17(15)18-13-21(24)27-22(18)19/h7-8,11-13,20,26H,3-6,9-10,14H2,1-2H3. The Balaban J connectivity index is 1.97. The van der Waals surface area contributed by atoms with Crippen LogP contribution in [0.2, 0.25) is 4.34 Å². The number of halogens is 2. The van der Waals surface area contributed by atoms with E-state index in [1.165, 1.54) is 31.1 Å². The zero-order valence-corrected chi connectivity index (χ0v) is 19.1. The van der Waals surface area contributed by atoms with Crippen molar-refractivity contribution in [2.45, 2.75) is 45.6 Å². The van der Waals surface area contributed by atoms with Crippen LogP contribution in [0.1, 0.15) is 51.2 Å². The van der Waals surface area contributed by atoms with Gasteiger partial charge in [-0.2, -0.15) is 0 Å². The molecule has 2 nitrogen and oxygen atoms in total. The Bertz CT molecular complexity index is 902. The third-order valence-electron chi connectivity index (χ3n) is 5.03. The summed E-state index contributed by atoms with van der Waals surface area (Å²) in [7, 11) is 0. The average Bonchev–Trinajstić information content (AvgIpc) is 3.04. The Morgan fingerprint density at radius 3 is 2.44 bits per heavy atom. The van der Waals surface area contributed by atoms with E-state index >= 15 is 0 Å². The van der Waals surface area contributed by atoms with Gasteiger partial charge in [-0.15, -0.1) is 11.3 Å². The molecule has 1 N–H and O–H groups in total. The highest BCUT2D eigenvalue weighted by Gasteiger charge is 2.19. The van der Waals surface area contributed by atoms with Gasteiger partial charge < -0.3 is 10.0 Å². The van der Waals surface area contributed by atoms with E-state index in [2.05, 4.69) is 52.9 Å². The number of rotatable bonds is 9. The fraction of sp³-hybridized carbons (Fsp3) is 0.455. The lowest BCUT2D eigenvalue weighted by molar-refractivity contribution is 0.112. The number of fused-ring (bicyclic) bond motifs is 3. The molecule has 1 atom stereocenters. The Kier molecular flexibility index (Phi) is 7.57. The van der Waals surface area contributed by atoms with Gasteiger partial charge in [-0.3, -0.25) is 0 Å². The van der Waals surface area contributed by atoms with E-state index < -0.39 is 6.10 Å². The molecular formula is C22H27BrClNOS. The van der Waals surface area contributed by atoms with Crippen LogP contribution >= 0.6 is 38.9 Å². The predicted octanol–water partition coefficient (Wildman–Crippen LogP) is 7.41. The van der Waals surface area contributed by atoms with E-state index in [0.717, 1.165) is 42.9 Å². The van der Waals surface area contributed by atoms with Crippen molar-refractivity contribution in [2.75, 3.05) is 19.6 Å². The molecule has 3 aromatic rings. The molecule has 0 aliphatic heterocycles. The predicted molar refractivity (Wildman–Crippen MR) is 123 cm³/mol. The number of hydrogen-bond acceptors (Lipinski definition) is 3. The molecule has 0 saturated heterocycles. The van der Waals surface area contributed by atoms with E-state index in [1.54, 1.807) is 11.3 Å². The van der Waals surface area contributed by atoms with E-state index in [1.807, 2.05) is 12.1 Å². The Labute approximate surface area is 179 Å². The van der Waals surface area contributed by atoms with Crippen molar-refractivity contribution in [1.29, 1.82) is 0 Å². The van der Waals surface area contributed by atoms with Gasteiger partial charge in [-0.25, -0.2) is 0 Å². The van der Waals surface area contributed by atoms with Crippen molar-refractivity contribution in [1.82, 2.24) is 4.90 Å². The maximum atomic E-state index is 11.1. The fourth-order valence-corrected chi connectivity index (χ4v) is 5.21. The molecule has 3 rings (SSSR count). The Hall–Kier alpha value is -0.650. The summed E-state index contributed by atoms with van der Waals surface area (Å²) in [5.74, 6) is 0. The molecule has 146 valence electrons. The first kappa shape index (κ1) is 21.1. The highest BCUT2D eigenvalue weighted by Crippen LogP contribution is 2.40. The molecule has 0 radical (unpaired) electrons. The van der Waals surface area contributed by atoms with E-state index in [9.17, 15) is 5.11 Å². The zero-order chi connectivity index (χ0) is 19.4. The van der Waals surface area contributed by atoms with Crippen LogP contribution in [0.15, 0.2) is 34.8 Å². The summed E-state index contributed by atoms with van der Waals surface area (Å²) in [4.78, 5) is 2.41. The highest BCUT2D eigenvalue weighted by molar-refractivity contribution is 9.10. The number of thiophene rings is 1. The van der Waals surface area contributed by atoms with Crippen LogP contribution in [0.5, 0.6) is 0 Å². The van der Waals surface area contributed by atoms with E-state index in [-0.39, 0.29) is 0 Å². The van der Waals surface area contributed by atoms with Gasteiger partial charge in [0.25, 0.3) is 0 Å². The fourth-order valence-electron chi connectivity index (χ4n) is 3.54. The van der Waals surface area contributed by atoms with Gasteiger partial charge >= 0.3 is 0 Å². The summed E-state index contributed by atoms with van der Waals surface area (Å²) < 4.78 is 2.92. The van der Waals surface area contributed by atoms with Crippen LogP contribution in [-0.4, -0.2) is 29.6 Å². The van der Waals surface area contributed by atoms with Crippen LogP contribution < -0.4 is 0 Å². The van der Waals surface area contributed by atoms with Crippen LogP contribution in [0.3, 0.4) is 0 Å². The second-order valence-electron chi connectivity index (χ2n) is 7.15. The van der Waals surface area contributed by atoms with Gasteiger partial charge in [0.1, 0.15) is 0 Å². The van der Waals surface area contributed by atoms with Gasteiger partial charge in [0, 0.05) is 26.7 Å². The van der Waals surface area contributed by atoms with E-state index in [4.69, 9.17) is 11.6 Å². The minimum Gasteiger partial charge on any atom is -0.387 e. The van der Waals surface area contributed by atoms with Crippen molar-refractivity contribution in [2.24, 2.45) is 0 Å². The Morgan fingerprint density at radius 2 is 1.78 bits per heavy atom. The molecule has 0 aliphatic carbocycles. The molecule has 2 aromatic carbocycles. The Morgan fingerprint density at radius 1 is 1.07 bits per heavy atom. The van der Waals surface area contributed by atoms with Crippen LogP contribution in [0.4, 0.5) is 0 Å². The topological polar surface area (TPSA) is 23.5 Å². The number of unbranched alkanes of at least 4 members (excludes halogenated alkanes) is 2. The third-order valence-corrected chi connectivity index (χ3v) is 6.83. The zero-order valence-electron chi connectivity index (χ0n) is 16.0. The number of aliphatic hydroxyl groups excluding tert-OH is 1. The average molecular weight is 469 g/mol. The summed E-state index contributed by atoms with van der Waals surface area (Å²) in [5.41, 5.74) is 0.995. The first-order valence-corrected chi connectivity index (χ1v) is 11.7. The maximum Gasteiger partial charge on any atom is 0.0941 e. The maximum absolute atomic E-state index is 11.1. The van der Waals surface area contributed by atoms with Crippen LogP contribution in [-0.2, 0) is 0 Å². The summed E-state index contributed by atoms with van der Waals surface area (Å²) in [6.45, 7) is 7.19. The van der Waals surface area contributed by atoms with Gasteiger partial charge in [0.2, 0.25) is 0 Å². The molecule has 0 saturated carbocycles. The monoisotopic (exact) mass is 467 g/mol. The van der Waals surface area contributed by atoms with Gasteiger partial charge in [0.05, 0.1) is 10.4 Å². The molecule has 0 spiro atoms. The van der Waals surface area contributed by atoms with Crippen molar-refractivity contribution in [3.8, 4) is 0 Å². The number of nitrogens with zero attached hydrogens (tertiary/aromatic N) is 1. The molecule has 0 fully saturated rings. The minimum absolute atomic E-state index is 0.510. The van der Waals surface area contributed by atoms with Gasteiger partial charge in [0.15, 0.2) is 0 Å². The summed E-state index contributed by atoms with van der Waals surface area (Å²) in [5, 5.41) is 14.6. The second-order valence-corrected chi connectivity index (χ2v) is 9.75. The normalized spacial score (nSPS) is 13.1. The number of benzene rings is 2. The van der Waals surface area contributed by atoms with Crippen LogP contribution in [0, 0.1) is 0 Å². The molecule has 1 heterocycles. The summed E-state index contributed by atoms with van der Waals surface area (Å²) >= 11 is 11.5. The smallest absolute Gasteiger partial charge is 0.0941 e. The quantitative estimate of drug-likeness (QED) is 0.353. The molecule has 5 heteroatoms. The molecule has 0 aliphatic rings. The van der Waals surface area contributed by atoms with E-state index in [0.29, 0.717) is 6.54 Å². The molecule has 27 heavy (non-hydrogen) atoms. The van der Waals surface area contributed by atoms with Crippen LogP contribution in [0.25, 0.3) is 20.9 Å². The van der Waals surface area contributed by atoms with Gasteiger partial charge in [-0.05, 0) is 61.0 Å². The molecule has 0 bridgehead atoms. The molecular weight excluding hydrogens is 442 g/mol. The highest BCUT2D eigenvalue weighted by atomic mass is 79.9. The second kappa shape index (κ2) is 9.71. The third kappa shape index (κ3) is 5.04. The van der Waals surface area contributed by atoms with Crippen molar-refractivity contribution >= 4 is 59.7 Å². The molecule has 0 amide bonds. The van der Waals surface area contributed by atoms with Gasteiger partial charge in [-0.1, -0.05) is 60.3 Å². The summed E-state index contributed by atoms with van der Waals surface area (Å²) in [6.07, 6.45) is 4.18. The SMILES string of the molecule is CCCCN(CCCC)CC(O)c1cc2ccc(Br)cc2c2cc(Cl)sc12. The largest absolute Gasteiger partial charge is 0.387 e. The first-order chi connectivity index (χ1) is 13.0. The van der Waals surface area contributed by atoms with Crippen molar-refractivity contribution < 1.29 is 5.11 Å². The lowest BCUT2D eigenvalue weighted by atomic mass is 9.99. The lowest BCUT2D eigenvalue weighted by Gasteiger charge is -2.25. The number of hydrogen-bond donors (Lipinski definition) is 1. The minimum atomic E-state index is -0.510. The van der Waals surface area contributed by atoms with Crippen molar-refractivity contribution in [3.05, 3.63) is 44.7 Å². The van der Waals surface area contributed by atoms with Crippen molar-refractivity contribution in [3.63, 3.8) is 0 Å². The number of aliphatic hydroxyl groups is 1. The molecule has 1 unspecified atom stereocenters.